The molecule has 7 nitrogen and oxygen atoms in total. The molecule has 1 amide bonds. The highest BCUT2D eigenvalue weighted by molar-refractivity contribution is 6.30. The Kier molecular flexibility index (Phi) is 4.72. The number of halogens is 1. The molecule has 8 heteroatoms. The Balaban J connectivity index is 1.50. The monoisotopic (exact) mass is 429 g/mol. The highest BCUT2D eigenvalue weighted by atomic mass is 35.5. The Hall–Kier alpha value is -3.97. The van der Waals surface area contributed by atoms with E-state index in [0.717, 1.165) is 16.6 Å². The van der Waals surface area contributed by atoms with Crippen molar-refractivity contribution in [2.24, 2.45) is 0 Å². The van der Waals surface area contributed by atoms with E-state index in [1.54, 1.807) is 23.7 Å². The van der Waals surface area contributed by atoms with Crippen molar-refractivity contribution < 1.29 is 9.32 Å². The molecule has 2 aromatic heterocycles. The predicted molar refractivity (Wildman–Crippen MR) is 119 cm³/mol. The van der Waals surface area contributed by atoms with Gasteiger partial charge in [-0.25, -0.2) is 4.68 Å². The van der Waals surface area contributed by atoms with Crippen LogP contribution in [0.25, 0.3) is 27.9 Å². The molecule has 2 heterocycles. The van der Waals surface area contributed by atoms with Gasteiger partial charge in [0.1, 0.15) is 5.52 Å². The average Bonchev–Trinajstić information content (AvgIpc) is 3.38. The molecule has 152 valence electrons. The molecule has 5 rings (SSSR count). The Morgan fingerprint density at radius 2 is 1.81 bits per heavy atom. The van der Waals surface area contributed by atoms with Crippen molar-refractivity contribution in [2.75, 3.05) is 5.32 Å². The smallest absolute Gasteiger partial charge is 0.278 e. The van der Waals surface area contributed by atoms with Gasteiger partial charge in [0.05, 0.1) is 16.8 Å². The van der Waals surface area contributed by atoms with Crippen LogP contribution in [-0.2, 0) is 0 Å². The molecule has 0 unspecified atom stereocenters. The van der Waals surface area contributed by atoms with Crippen molar-refractivity contribution >= 4 is 34.1 Å². The molecule has 1 N–H and O–H groups in total. The largest absolute Gasteiger partial charge is 0.355 e. The summed E-state index contributed by atoms with van der Waals surface area (Å²) in [5.41, 5.74) is 3.90. The van der Waals surface area contributed by atoms with Crippen LogP contribution in [-0.4, -0.2) is 26.1 Å². The summed E-state index contributed by atoms with van der Waals surface area (Å²) in [5, 5.41) is 16.7. The summed E-state index contributed by atoms with van der Waals surface area (Å²) in [6.07, 6.45) is 0. The molecule has 0 fully saturated rings. The highest BCUT2D eigenvalue weighted by Gasteiger charge is 2.19. The first-order chi connectivity index (χ1) is 15.1. The van der Waals surface area contributed by atoms with Crippen molar-refractivity contribution in [3.05, 3.63) is 89.2 Å². The van der Waals surface area contributed by atoms with Crippen LogP contribution >= 0.6 is 11.6 Å². The molecule has 0 bridgehead atoms. The Labute approximate surface area is 182 Å². The molecule has 0 aliphatic rings. The van der Waals surface area contributed by atoms with E-state index in [1.807, 2.05) is 60.7 Å². The lowest BCUT2D eigenvalue weighted by molar-refractivity contribution is 0.102. The number of aromatic nitrogens is 4. The number of nitrogens with zero attached hydrogens (tertiary/aromatic N) is 4. The van der Waals surface area contributed by atoms with Crippen molar-refractivity contribution in [3.8, 4) is 17.0 Å². The van der Waals surface area contributed by atoms with Gasteiger partial charge in [0.2, 0.25) is 0 Å². The second-order valence-electron chi connectivity index (χ2n) is 6.98. The van der Waals surface area contributed by atoms with Crippen LogP contribution < -0.4 is 5.32 Å². The van der Waals surface area contributed by atoms with Gasteiger partial charge in [-0.2, -0.15) is 0 Å². The average molecular weight is 430 g/mol. The first kappa shape index (κ1) is 19.0. The maximum Gasteiger partial charge on any atom is 0.278 e. The summed E-state index contributed by atoms with van der Waals surface area (Å²) in [4.78, 5) is 12.7. The number of amides is 1. The van der Waals surface area contributed by atoms with Crippen LogP contribution in [0.4, 0.5) is 5.69 Å². The van der Waals surface area contributed by atoms with E-state index in [2.05, 4.69) is 20.8 Å². The third-order valence-corrected chi connectivity index (χ3v) is 5.20. The first-order valence-electron chi connectivity index (χ1n) is 9.54. The van der Waals surface area contributed by atoms with E-state index in [1.165, 1.54) is 0 Å². The summed E-state index contributed by atoms with van der Waals surface area (Å²) in [5.74, 6) is 0.316. The van der Waals surface area contributed by atoms with Crippen LogP contribution in [0.15, 0.2) is 77.3 Å². The number of benzene rings is 3. The number of carbonyl (C=O) groups is 1. The van der Waals surface area contributed by atoms with E-state index in [-0.39, 0.29) is 11.6 Å². The molecule has 0 radical (unpaired) electrons. The fourth-order valence-electron chi connectivity index (χ4n) is 3.37. The standard InChI is InChI=1S/C23H16ClN5O2/c1-14-21(23(30)25-17-5-3-2-4-6-17)26-28-29(14)18-11-12-20-19(13-18)22(31-27-20)15-7-9-16(24)10-8-15/h2-13H,1H3,(H,25,30). The van der Waals surface area contributed by atoms with Crippen LogP contribution in [0.5, 0.6) is 0 Å². The summed E-state index contributed by atoms with van der Waals surface area (Å²) in [6.45, 7) is 1.80. The minimum absolute atomic E-state index is 0.257. The fourth-order valence-corrected chi connectivity index (χ4v) is 3.49. The van der Waals surface area contributed by atoms with Gasteiger partial charge >= 0.3 is 0 Å². The number of carbonyl (C=O) groups excluding carboxylic acids is 1. The van der Waals surface area contributed by atoms with E-state index in [9.17, 15) is 4.79 Å². The van der Waals surface area contributed by atoms with Crippen molar-refractivity contribution in [1.29, 1.82) is 0 Å². The molecular formula is C23H16ClN5O2. The number of nitrogens with one attached hydrogen (secondary N) is 1. The van der Waals surface area contributed by atoms with E-state index in [4.69, 9.17) is 16.1 Å². The number of para-hydroxylation sites is 1. The Bertz CT molecular complexity index is 1390. The molecule has 0 spiro atoms. The molecule has 0 aliphatic heterocycles. The zero-order valence-corrected chi connectivity index (χ0v) is 17.2. The highest BCUT2D eigenvalue weighted by Crippen LogP contribution is 2.31. The molecule has 0 saturated heterocycles. The van der Waals surface area contributed by atoms with Gasteiger partial charge in [-0.3, -0.25) is 4.79 Å². The fraction of sp³-hybridized carbons (Fsp3) is 0.0435. The van der Waals surface area contributed by atoms with Gasteiger partial charge in [-0.15, -0.1) is 5.10 Å². The molecule has 0 aliphatic carbocycles. The zero-order chi connectivity index (χ0) is 21.4. The van der Waals surface area contributed by atoms with Gasteiger partial charge < -0.3 is 9.84 Å². The van der Waals surface area contributed by atoms with Crippen molar-refractivity contribution in [3.63, 3.8) is 0 Å². The molecular weight excluding hydrogens is 414 g/mol. The second-order valence-corrected chi connectivity index (χ2v) is 7.41. The van der Waals surface area contributed by atoms with Crippen molar-refractivity contribution in [2.45, 2.75) is 6.92 Å². The maximum atomic E-state index is 12.7. The van der Waals surface area contributed by atoms with Gasteiger partial charge in [-0.05, 0) is 61.5 Å². The van der Waals surface area contributed by atoms with E-state index >= 15 is 0 Å². The minimum atomic E-state index is -0.317. The number of hydrogen-bond donors (Lipinski definition) is 1. The van der Waals surface area contributed by atoms with E-state index < -0.39 is 0 Å². The van der Waals surface area contributed by atoms with Gasteiger partial charge in [0, 0.05) is 16.3 Å². The Morgan fingerprint density at radius 1 is 1.03 bits per heavy atom. The van der Waals surface area contributed by atoms with Gasteiger partial charge in [-0.1, -0.05) is 40.2 Å². The molecule has 0 atom stereocenters. The molecule has 31 heavy (non-hydrogen) atoms. The quantitative estimate of drug-likeness (QED) is 0.419. The molecule has 5 aromatic rings. The van der Waals surface area contributed by atoms with E-state index in [0.29, 0.717) is 27.7 Å². The third kappa shape index (κ3) is 3.55. The first-order valence-corrected chi connectivity index (χ1v) is 9.92. The summed E-state index contributed by atoms with van der Waals surface area (Å²) in [7, 11) is 0. The molecule has 3 aromatic carbocycles. The van der Waals surface area contributed by atoms with Crippen LogP contribution in [0.3, 0.4) is 0 Å². The lowest BCUT2D eigenvalue weighted by atomic mass is 10.1. The number of fused-ring (bicyclic) bond motifs is 1. The summed E-state index contributed by atoms with van der Waals surface area (Å²) < 4.78 is 7.19. The number of anilines is 1. The Morgan fingerprint density at radius 3 is 2.58 bits per heavy atom. The van der Waals surface area contributed by atoms with Crippen LogP contribution in [0.1, 0.15) is 16.2 Å². The van der Waals surface area contributed by atoms with Gasteiger partial charge in [0.15, 0.2) is 11.5 Å². The zero-order valence-electron chi connectivity index (χ0n) is 16.4. The SMILES string of the molecule is Cc1c(C(=O)Nc2ccccc2)nnn1-c1ccc2noc(-c3ccc(Cl)cc3)c2c1. The number of hydrogen-bond acceptors (Lipinski definition) is 5. The third-order valence-electron chi connectivity index (χ3n) is 4.95. The predicted octanol–water partition coefficient (Wildman–Crippen LogP) is 5.29. The number of rotatable bonds is 4. The lowest BCUT2D eigenvalue weighted by Gasteiger charge is -2.05. The topological polar surface area (TPSA) is 85.8 Å². The lowest BCUT2D eigenvalue weighted by Crippen LogP contribution is -2.14. The van der Waals surface area contributed by atoms with Crippen molar-refractivity contribution in [1.82, 2.24) is 20.2 Å². The summed E-state index contributed by atoms with van der Waals surface area (Å²) >= 11 is 6.00. The molecule has 0 saturated carbocycles. The minimum Gasteiger partial charge on any atom is -0.355 e. The second kappa shape index (κ2) is 7.70. The maximum absolute atomic E-state index is 12.7. The van der Waals surface area contributed by atoms with Crippen LogP contribution in [0, 0.1) is 6.92 Å². The van der Waals surface area contributed by atoms with Crippen LogP contribution in [0.2, 0.25) is 5.02 Å². The normalized spacial score (nSPS) is 11.0. The summed E-state index contributed by atoms with van der Waals surface area (Å²) in [6, 6.07) is 22.2. The van der Waals surface area contributed by atoms with Gasteiger partial charge in [0.25, 0.3) is 5.91 Å².